The van der Waals surface area contributed by atoms with Gasteiger partial charge in [-0.3, -0.25) is 0 Å². The second kappa shape index (κ2) is 11.4. The number of ether oxygens (including phenoxy) is 3. The van der Waals surface area contributed by atoms with Gasteiger partial charge in [0.25, 0.3) is 0 Å². The predicted octanol–water partition coefficient (Wildman–Crippen LogP) is 5.36. The van der Waals surface area contributed by atoms with E-state index in [1.54, 1.807) is 21.3 Å². The molecule has 194 valence electrons. The summed E-state index contributed by atoms with van der Waals surface area (Å²) in [5.74, 6) is 0.878. The highest BCUT2D eigenvalue weighted by molar-refractivity contribution is 5.98. The van der Waals surface area contributed by atoms with Crippen LogP contribution >= 0.6 is 0 Å². The predicted molar refractivity (Wildman–Crippen MR) is 145 cm³/mol. The lowest BCUT2D eigenvalue weighted by Gasteiger charge is -2.16. The smallest absolute Gasteiger partial charge is 0.352 e. The molecule has 0 aliphatic rings. The van der Waals surface area contributed by atoms with Crippen molar-refractivity contribution in [2.45, 2.75) is 33.4 Å². The van der Waals surface area contributed by atoms with Gasteiger partial charge in [0.05, 0.1) is 21.3 Å². The first-order valence-corrected chi connectivity index (χ1v) is 12.3. The summed E-state index contributed by atoms with van der Waals surface area (Å²) in [6.45, 7) is 5.61. The second-order valence-electron chi connectivity index (χ2n) is 9.14. The summed E-state index contributed by atoms with van der Waals surface area (Å²) in [5, 5.41) is 14.7. The molecule has 37 heavy (non-hydrogen) atoms. The fourth-order valence-electron chi connectivity index (χ4n) is 4.79. The van der Waals surface area contributed by atoms with Gasteiger partial charge in [-0.25, -0.2) is 4.79 Å². The standard InChI is InChI=1S/C30H34N2O5/c1-19-6-9-21(10-7-19)18-32-25-16-20(2)8-12-23(25)24(27(32)30(33)34)17-31-15-14-22-11-13-26(35-3)29(37-5)28(22)36-4/h6-13,16,31H,14-15,17-18H2,1-5H3,(H,33,34). The molecule has 0 saturated heterocycles. The van der Waals surface area contributed by atoms with E-state index in [1.807, 2.05) is 42.7 Å². The lowest BCUT2D eigenvalue weighted by molar-refractivity contribution is 0.0684. The number of nitrogens with zero attached hydrogens (tertiary/aromatic N) is 1. The van der Waals surface area contributed by atoms with Gasteiger partial charge in [0.15, 0.2) is 11.5 Å². The van der Waals surface area contributed by atoms with E-state index >= 15 is 0 Å². The molecule has 7 heteroatoms. The van der Waals surface area contributed by atoms with E-state index in [0.29, 0.717) is 49.0 Å². The summed E-state index contributed by atoms with van der Waals surface area (Å²) in [5.41, 5.74) is 6.33. The molecule has 0 bridgehead atoms. The Morgan fingerprint density at radius 1 is 0.892 bits per heavy atom. The molecule has 0 aliphatic carbocycles. The summed E-state index contributed by atoms with van der Waals surface area (Å²) in [4.78, 5) is 12.5. The molecule has 0 radical (unpaired) electrons. The second-order valence-corrected chi connectivity index (χ2v) is 9.14. The number of benzene rings is 3. The largest absolute Gasteiger partial charge is 0.493 e. The Labute approximate surface area is 217 Å². The highest BCUT2D eigenvalue weighted by atomic mass is 16.5. The van der Waals surface area contributed by atoms with E-state index in [1.165, 1.54) is 5.56 Å². The van der Waals surface area contributed by atoms with E-state index in [2.05, 4.69) is 35.6 Å². The van der Waals surface area contributed by atoms with Gasteiger partial charge in [-0.15, -0.1) is 0 Å². The Kier molecular flexibility index (Phi) is 8.04. The number of methoxy groups -OCH3 is 3. The normalized spacial score (nSPS) is 11.1. The van der Waals surface area contributed by atoms with Crippen LogP contribution < -0.4 is 19.5 Å². The fraction of sp³-hybridized carbons (Fsp3) is 0.300. The molecule has 0 aliphatic heterocycles. The van der Waals surface area contributed by atoms with Gasteiger partial charge in [0.2, 0.25) is 5.75 Å². The molecule has 7 nitrogen and oxygen atoms in total. The lowest BCUT2D eigenvalue weighted by atomic mass is 10.1. The Morgan fingerprint density at radius 3 is 2.24 bits per heavy atom. The van der Waals surface area contributed by atoms with Gasteiger partial charge in [-0.1, -0.05) is 48.0 Å². The fourth-order valence-corrected chi connectivity index (χ4v) is 4.79. The van der Waals surface area contributed by atoms with Crippen LogP contribution in [0.15, 0.2) is 54.6 Å². The first-order valence-electron chi connectivity index (χ1n) is 12.3. The summed E-state index contributed by atoms with van der Waals surface area (Å²) < 4.78 is 18.4. The quantitative estimate of drug-likeness (QED) is 0.269. The maximum atomic E-state index is 12.5. The Balaban J connectivity index is 1.61. The minimum Gasteiger partial charge on any atom is -0.493 e. The van der Waals surface area contributed by atoms with Crippen molar-refractivity contribution in [2.24, 2.45) is 0 Å². The molecule has 1 aromatic heterocycles. The minimum absolute atomic E-state index is 0.317. The van der Waals surface area contributed by atoms with E-state index < -0.39 is 5.97 Å². The van der Waals surface area contributed by atoms with Crippen molar-refractivity contribution in [2.75, 3.05) is 27.9 Å². The zero-order valence-corrected chi connectivity index (χ0v) is 22.1. The molecule has 4 aromatic rings. The number of rotatable bonds is 11. The first kappa shape index (κ1) is 26.1. The van der Waals surface area contributed by atoms with E-state index in [-0.39, 0.29) is 0 Å². The first-order chi connectivity index (χ1) is 17.9. The SMILES string of the molecule is COc1ccc(CCNCc2c(C(=O)O)n(Cc3ccc(C)cc3)c3cc(C)ccc23)c(OC)c1OC. The number of aromatic nitrogens is 1. The maximum Gasteiger partial charge on any atom is 0.352 e. The number of nitrogens with one attached hydrogen (secondary N) is 1. The van der Waals surface area contributed by atoms with Gasteiger partial charge >= 0.3 is 5.97 Å². The Bertz CT molecular complexity index is 1410. The number of aromatic carboxylic acids is 1. The van der Waals surface area contributed by atoms with Gasteiger partial charge in [0, 0.05) is 29.6 Å². The molecule has 0 spiro atoms. The van der Waals surface area contributed by atoms with Crippen molar-refractivity contribution in [1.82, 2.24) is 9.88 Å². The zero-order valence-electron chi connectivity index (χ0n) is 22.1. The summed E-state index contributed by atoms with van der Waals surface area (Å²) >= 11 is 0. The Morgan fingerprint density at radius 2 is 1.59 bits per heavy atom. The topological polar surface area (TPSA) is 82.0 Å². The third kappa shape index (κ3) is 5.42. The molecule has 2 N–H and O–H groups in total. The third-order valence-corrected chi connectivity index (χ3v) is 6.65. The van der Waals surface area contributed by atoms with Gasteiger partial charge in [-0.2, -0.15) is 0 Å². The highest BCUT2D eigenvalue weighted by Crippen LogP contribution is 2.39. The Hall–Kier alpha value is -3.97. The molecular formula is C30H34N2O5. The van der Waals surface area contributed by atoms with Crippen LogP contribution in [0.25, 0.3) is 10.9 Å². The molecule has 4 rings (SSSR count). The van der Waals surface area contributed by atoms with Crippen molar-refractivity contribution >= 4 is 16.9 Å². The molecule has 0 atom stereocenters. The number of hydrogen-bond acceptors (Lipinski definition) is 5. The molecule has 0 unspecified atom stereocenters. The van der Waals surface area contributed by atoms with Crippen LogP contribution in [-0.2, 0) is 19.5 Å². The number of carboxylic acid groups (broad SMARTS) is 1. The average Bonchev–Trinajstić information content (AvgIpc) is 3.19. The van der Waals surface area contributed by atoms with Crippen molar-refractivity contribution in [3.63, 3.8) is 0 Å². The zero-order chi connectivity index (χ0) is 26.5. The monoisotopic (exact) mass is 502 g/mol. The summed E-state index contributed by atoms with van der Waals surface area (Å²) in [6.07, 6.45) is 0.674. The van der Waals surface area contributed by atoms with Crippen LogP contribution in [0, 0.1) is 13.8 Å². The molecule has 0 saturated carbocycles. The minimum atomic E-state index is -0.931. The van der Waals surface area contributed by atoms with Crippen LogP contribution in [0.1, 0.15) is 38.3 Å². The number of hydrogen-bond donors (Lipinski definition) is 2. The molecule has 0 amide bonds. The van der Waals surface area contributed by atoms with Crippen LogP contribution in [0.2, 0.25) is 0 Å². The number of aryl methyl sites for hydroxylation is 2. The number of carbonyl (C=O) groups is 1. The van der Waals surface area contributed by atoms with Gasteiger partial charge in [-0.05, 0) is 55.6 Å². The van der Waals surface area contributed by atoms with Crippen LogP contribution in [0.5, 0.6) is 17.2 Å². The van der Waals surface area contributed by atoms with Gasteiger partial charge < -0.3 is 29.2 Å². The third-order valence-electron chi connectivity index (χ3n) is 6.65. The van der Waals surface area contributed by atoms with Crippen LogP contribution in [-0.4, -0.2) is 43.5 Å². The molecule has 0 fully saturated rings. The van der Waals surface area contributed by atoms with Crippen LogP contribution in [0.3, 0.4) is 0 Å². The average molecular weight is 503 g/mol. The maximum absolute atomic E-state index is 12.5. The molecular weight excluding hydrogens is 468 g/mol. The highest BCUT2D eigenvalue weighted by Gasteiger charge is 2.23. The van der Waals surface area contributed by atoms with E-state index in [9.17, 15) is 9.90 Å². The van der Waals surface area contributed by atoms with E-state index in [4.69, 9.17) is 14.2 Å². The van der Waals surface area contributed by atoms with Crippen molar-refractivity contribution in [3.05, 3.63) is 88.1 Å². The molecule has 3 aromatic carbocycles. The molecule has 1 heterocycles. The van der Waals surface area contributed by atoms with Crippen molar-refractivity contribution in [1.29, 1.82) is 0 Å². The van der Waals surface area contributed by atoms with Crippen molar-refractivity contribution < 1.29 is 24.1 Å². The summed E-state index contributed by atoms with van der Waals surface area (Å²) in [6, 6.07) is 18.2. The van der Waals surface area contributed by atoms with E-state index in [0.717, 1.165) is 33.2 Å². The lowest BCUT2D eigenvalue weighted by Crippen LogP contribution is -2.20. The van der Waals surface area contributed by atoms with Crippen molar-refractivity contribution in [3.8, 4) is 17.2 Å². The van der Waals surface area contributed by atoms with Crippen LogP contribution in [0.4, 0.5) is 0 Å². The van der Waals surface area contributed by atoms with Gasteiger partial charge in [0.1, 0.15) is 5.69 Å². The summed E-state index contributed by atoms with van der Waals surface area (Å²) in [7, 11) is 4.79. The number of carboxylic acids is 1. The number of fused-ring (bicyclic) bond motifs is 1.